The van der Waals surface area contributed by atoms with Crippen molar-refractivity contribution < 1.29 is 52.8 Å². The summed E-state index contributed by atoms with van der Waals surface area (Å²) in [4.78, 5) is 77.8. The first-order valence-electron chi connectivity index (χ1n) is 27.1. The predicted molar refractivity (Wildman–Crippen MR) is 318 cm³/mol. The Hall–Kier alpha value is -6.99. The van der Waals surface area contributed by atoms with E-state index in [2.05, 4.69) is 29.9 Å². The highest BCUT2D eigenvalue weighted by Gasteiger charge is 2.37. The zero-order chi connectivity index (χ0) is 57.6. The van der Waals surface area contributed by atoms with Gasteiger partial charge in [-0.3, -0.25) is 38.8 Å². The number of fused-ring (bicyclic) bond motifs is 1. The predicted octanol–water partition coefficient (Wildman–Crippen LogP) is 10.0. The molecule has 3 saturated heterocycles. The summed E-state index contributed by atoms with van der Waals surface area (Å²) < 4.78 is 23.9. The Balaban J connectivity index is 0.000000161. The lowest BCUT2D eigenvalue weighted by atomic mass is 9.87. The molecular formula is C63H68N4O11S3. The summed E-state index contributed by atoms with van der Waals surface area (Å²) >= 11 is 3.45. The maximum atomic E-state index is 11.8. The van der Waals surface area contributed by atoms with E-state index in [1.165, 1.54) is 10.6 Å². The van der Waals surface area contributed by atoms with E-state index in [9.17, 15) is 33.9 Å². The number of ether oxygens (including phenoxy) is 4. The molecule has 0 saturated carbocycles. The summed E-state index contributed by atoms with van der Waals surface area (Å²) in [6, 6.07) is 32.7. The molecule has 0 radical (unpaired) electrons. The van der Waals surface area contributed by atoms with Crippen LogP contribution < -0.4 is 29.8 Å². The number of hydrogen-bond acceptors (Lipinski definition) is 18. The minimum atomic E-state index is -0.459. The van der Waals surface area contributed by atoms with Crippen molar-refractivity contribution in [3.63, 3.8) is 0 Å². The molecule has 4 unspecified atom stereocenters. The number of anilines is 1. The van der Waals surface area contributed by atoms with E-state index in [1.807, 2.05) is 124 Å². The van der Waals surface area contributed by atoms with Gasteiger partial charge in [0.2, 0.25) is 0 Å². The van der Waals surface area contributed by atoms with Crippen LogP contribution in [0.15, 0.2) is 116 Å². The van der Waals surface area contributed by atoms with Gasteiger partial charge in [-0.05, 0) is 160 Å². The lowest BCUT2D eigenvalue weighted by Gasteiger charge is -2.37. The second-order valence-electron chi connectivity index (χ2n) is 20.6. The van der Waals surface area contributed by atoms with E-state index in [1.54, 1.807) is 6.20 Å². The highest BCUT2D eigenvalue weighted by atomic mass is 32.2. The molecule has 18 heteroatoms. The van der Waals surface area contributed by atoms with Crippen molar-refractivity contribution in [2.24, 2.45) is 5.84 Å². The molecule has 3 N–H and O–H groups in total. The van der Waals surface area contributed by atoms with E-state index >= 15 is 0 Å². The number of phenols is 1. The first-order chi connectivity index (χ1) is 38.9. The number of carbonyl (C=O) groups is 6. The van der Waals surface area contributed by atoms with Crippen LogP contribution >= 0.6 is 35.3 Å². The van der Waals surface area contributed by atoms with Gasteiger partial charge in [0.05, 0.1) is 48.2 Å². The monoisotopic (exact) mass is 1150 g/mol. The summed E-state index contributed by atoms with van der Waals surface area (Å²) in [6.45, 7) is 11.9. The SMILES string of the molecule is CCc1ccc(CCOc2ccc(CC3SC(=O)CC3=O)cc2)nc1.Cc1c(C)c2c(c(C)c1O)CCC(C)(COc1ccc(CC3SC(=O)CC3=O)cc1)O2.NN(CCOc1ccc(CC2SC(=O)CC2=O)cc1)c1ccccn1. The number of benzene rings is 4. The van der Waals surface area contributed by atoms with Gasteiger partial charge < -0.3 is 24.1 Å². The number of pyridine rings is 2. The van der Waals surface area contributed by atoms with E-state index in [-0.39, 0.29) is 67.7 Å². The Morgan fingerprint density at radius 1 is 0.630 bits per heavy atom. The molecule has 4 aromatic carbocycles. The molecule has 0 bridgehead atoms. The number of Topliss-reactive ketones (excluding diaryl/α,β-unsaturated/α-hetero) is 3. The topological polar surface area (TPSA) is 215 Å². The van der Waals surface area contributed by atoms with Crippen molar-refractivity contribution in [3.05, 3.63) is 166 Å². The van der Waals surface area contributed by atoms with E-state index in [4.69, 9.17) is 24.8 Å². The number of nitrogens with two attached hydrogens (primary N) is 1. The van der Waals surface area contributed by atoms with Gasteiger partial charge >= 0.3 is 0 Å². The molecule has 6 heterocycles. The zero-order valence-electron chi connectivity index (χ0n) is 46.3. The Kier molecular flexibility index (Phi) is 20.9. The average molecular weight is 1150 g/mol. The molecule has 4 aliphatic heterocycles. The molecule has 0 aliphatic carbocycles. The molecule has 2 aromatic heterocycles. The Labute approximate surface area is 485 Å². The molecular weight excluding hydrogens is 1080 g/mol. The normalized spacial score (nSPS) is 19.3. The molecule has 3 fully saturated rings. The largest absolute Gasteiger partial charge is 0.507 e. The van der Waals surface area contributed by atoms with Crippen LogP contribution in [0.3, 0.4) is 0 Å². The maximum absolute atomic E-state index is 11.8. The lowest BCUT2D eigenvalue weighted by molar-refractivity contribution is -0.122. The van der Waals surface area contributed by atoms with Gasteiger partial charge in [-0.25, -0.2) is 10.8 Å². The first-order valence-corrected chi connectivity index (χ1v) is 29.8. The summed E-state index contributed by atoms with van der Waals surface area (Å²) in [7, 11) is 0. The quantitative estimate of drug-likeness (QED) is 0.0438. The summed E-state index contributed by atoms with van der Waals surface area (Å²) in [5.74, 6) is 10.2. The van der Waals surface area contributed by atoms with Gasteiger partial charge in [-0.15, -0.1) is 0 Å². The van der Waals surface area contributed by atoms with Gasteiger partial charge in [-0.1, -0.05) is 90.7 Å². The molecule has 10 rings (SSSR count). The Morgan fingerprint density at radius 3 is 1.57 bits per heavy atom. The zero-order valence-corrected chi connectivity index (χ0v) is 48.7. The number of aromatic hydroxyl groups is 1. The van der Waals surface area contributed by atoms with Crippen molar-refractivity contribution in [2.45, 2.75) is 120 Å². The number of carbonyl (C=O) groups excluding carboxylic acids is 6. The Bertz CT molecular complexity index is 3200. The minimum absolute atomic E-state index is 0.0180. The Morgan fingerprint density at radius 2 is 1.12 bits per heavy atom. The van der Waals surface area contributed by atoms with E-state index in [0.29, 0.717) is 57.2 Å². The van der Waals surface area contributed by atoms with Gasteiger partial charge in [0.25, 0.3) is 0 Å². The van der Waals surface area contributed by atoms with E-state index in [0.717, 1.165) is 129 Å². The van der Waals surface area contributed by atoms with Gasteiger partial charge in [-0.2, -0.15) is 0 Å². The third-order valence-corrected chi connectivity index (χ3v) is 17.9. The highest BCUT2D eigenvalue weighted by molar-refractivity contribution is 8.16. The average Bonchev–Trinajstić information content (AvgIpc) is 4.20. The number of ketones is 3. The van der Waals surface area contributed by atoms with Crippen LogP contribution in [0.25, 0.3) is 0 Å². The standard InChI is InChI=1S/C25H28O5S.C20H21NO3S.C18H19N3O3S/c1-14-15(2)24-19(16(3)23(14)28)9-10-25(4,30-24)13-29-18-7-5-17(6-8-18)11-21-20(26)12-22(27)31-21;1-2-14-3-6-16(21-13-14)9-10-24-17-7-4-15(5-8-17)11-19-18(22)12-20(23)25-19;19-21(17-3-1-2-8-20-17)9-10-24-14-6-4-13(5-7-14)11-16-15(22)12-18(23)25-16/h5-8,21,28H,9-13H2,1-4H3;3-8,13,19H,2,9-12H2,1H3;1-8,16H,9-12,19H2. The number of nitrogens with zero attached hydrogens (tertiary/aromatic N) is 3. The van der Waals surface area contributed by atoms with Crippen LogP contribution in [-0.2, 0) is 67.3 Å². The lowest BCUT2D eigenvalue weighted by Crippen LogP contribution is -2.42. The first kappa shape index (κ1) is 60.1. The number of aryl methyl sites for hydroxylation is 1. The van der Waals surface area contributed by atoms with Crippen LogP contribution in [0.1, 0.15) is 89.7 Å². The van der Waals surface area contributed by atoms with Crippen molar-refractivity contribution >= 4 is 73.8 Å². The van der Waals surface area contributed by atoms with Crippen LogP contribution in [0.4, 0.5) is 5.82 Å². The third-order valence-electron chi connectivity index (χ3n) is 14.5. The molecule has 15 nitrogen and oxygen atoms in total. The fourth-order valence-electron chi connectivity index (χ4n) is 9.46. The number of rotatable bonds is 19. The third kappa shape index (κ3) is 16.8. The molecule has 6 aromatic rings. The van der Waals surface area contributed by atoms with E-state index < -0.39 is 5.60 Å². The van der Waals surface area contributed by atoms with Gasteiger partial charge in [0.1, 0.15) is 53.4 Å². The molecule has 424 valence electrons. The van der Waals surface area contributed by atoms with Crippen LogP contribution in [0.2, 0.25) is 0 Å². The highest BCUT2D eigenvalue weighted by Crippen LogP contribution is 2.43. The maximum Gasteiger partial charge on any atom is 0.197 e. The fraction of sp³-hybridized carbons (Fsp3) is 0.365. The summed E-state index contributed by atoms with van der Waals surface area (Å²) in [5.41, 5.74) is 8.70. The number of phenolic OH excluding ortho intramolecular Hbond substituents is 1. The molecule has 0 amide bonds. The molecule has 4 atom stereocenters. The number of thioether (sulfide) groups is 3. The van der Waals surface area contributed by atoms with Crippen molar-refractivity contribution in [1.29, 1.82) is 0 Å². The molecule has 0 spiro atoms. The summed E-state index contributed by atoms with van der Waals surface area (Å²) in [6.07, 6.45) is 8.93. The van der Waals surface area contributed by atoms with Crippen LogP contribution in [0.5, 0.6) is 28.7 Å². The fourth-order valence-corrected chi connectivity index (χ4v) is 12.6. The van der Waals surface area contributed by atoms with Crippen molar-refractivity contribution in [3.8, 4) is 28.7 Å². The number of hydrogen-bond donors (Lipinski definition) is 2. The van der Waals surface area contributed by atoms with Crippen LogP contribution in [0, 0.1) is 20.8 Å². The number of hydrazine groups is 1. The number of aromatic nitrogens is 2. The van der Waals surface area contributed by atoms with Crippen molar-refractivity contribution in [2.75, 3.05) is 31.4 Å². The molecule has 4 aliphatic rings. The second kappa shape index (κ2) is 28.1. The minimum Gasteiger partial charge on any atom is -0.507 e. The second-order valence-corrected chi connectivity index (χ2v) is 24.4. The molecule has 81 heavy (non-hydrogen) atoms. The summed E-state index contributed by atoms with van der Waals surface area (Å²) in [5, 5.41) is 11.1. The smallest absolute Gasteiger partial charge is 0.197 e. The van der Waals surface area contributed by atoms with Gasteiger partial charge in [0, 0.05) is 30.1 Å². The van der Waals surface area contributed by atoms with Gasteiger partial charge in [0.15, 0.2) is 32.7 Å². The van der Waals surface area contributed by atoms with Crippen LogP contribution in [-0.4, -0.2) is 95.5 Å². The van der Waals surface area contributed by atoms with Crippen molar-refractivity contribution in [1.82, 2.24) is 9.97 Å².